The summed E-state index contributed by atoms with van der Waals surface area (Å²) < 4.78 is 16.1. The Morgan fingerprint density at radius 1 is 1.12 bits per heavy atom. The Bertz CT molecular complexity index is 1070. The van der Waals surface area contributed by atoms with E-state index in [1.54, 1.807) is 12.1 Å². The van der Waals surface area contributed by atoms with Gasteiger partial charge in [-0.3, -0.25) is 14.4 Å². The molecular weight excluding hydrogens is 392 g/mol. The van der Waals surface area contributed by atoms with Gasteiger partial charge in [0.2, 0.25) is 5.43 Å². The molecule has 0 atom stereocenters. The average molecular weight is 405 g/mol. The van der Waals surface area contributed by atoms with Crippen molar-refractivity contribution >= 4 is 49.8 Å². The molecule has 1 heterocycles. The summed E-state index contributed by atoms with van der Waals surface area (Å²) in [4.78, 5) is 35.5. The average Bonchev–Trinajstić information content (AvgIpc) is 2.53. The van der Waals surface area contributed by atoms with E-state index in [0.717, 1.165) is 5.56 Å². The highest BCUT2D eigenvalue weighted by Crippen LogP contribution is 2.33. The number of para-hydroxylation sites is 1. The highest BCUT2D eigenvalue weighted by atomic mass is 79.9. The largest absolute Gasteiger partial charge is 0.455 e. The number of carbonyl (C=O) groups excluding carboxylic acids is 2. The number of halogens is 1. The van der Waals surface area contributed by atoms with Gasteiger partial charge in [-0.15, -0.1) is 0 Å². The lowest BCUT2D eigenvalue weighted by atomic mass is 10.1. The lowest BCUT2D eigenvalue weighted by Crippen LogP contribution is -2.10. The molecule has 0 saturated carbocycles. The third kappa shape index (κ3) is 3.28. The van der Waals surface area contributed by atoms with Crippen molar-refractivity contribution in [2.24, 2.45) is 0 Å². The van der Waals surface area contributed by atoms with Gasteiger partial charge >= 0.3 is 11.9 Å². The zero-order chi connectivity index (χ0) is 18.1. The van der Waals surface area contributed by atoms with Crippen molar-refractivity contribution in [2.75, 3.05) is 0 Å². The van der Waals surface area contributed by atoms with Crippen LogP contribution in [0.3, 0.4) is 0 Å². The minimum atomic E-state index is -0.602. The Kier molecular flexibility index (Phi) is 4.59. The number of ether oxygens (including phenoxy) is 2. The Hall–Kier alpha value is -2.67. The van der Waals surface area contributed by atoms with Gasteiger partial charge in [-0.2, -0.15) is 0 Å². The van der Waals surface area contributed by atoms with Crippen molar-refractivity contribution in [1.29, 1.82) is 0 Å². The van der Waals surface area contributed by atoms with E-state index in [1.807, 2.05) is 6.07 Å². The Morgan fingerprint density at radius 3 is 2.48 bits per heavy atom. The molecule has 0 aliphatic heterocycles. The second kappa shape index (κ2) is 6.68. The minimum Gasteiger partial charge on any atom is -0.455 e. The normalized spacial score (nSPS) is 10.8. The molecule has 0 aliphatic carbocycles. The van der Waals surface area contributed by atoms with Gasteiger partial charge in [0.15, 0.2) is 0 Å². The van der Waals surface area contributed by atoms with Gasteiger partial charge in [0.1, 0.15) is 28.1 Å². The predicted molar refractivity (Wildman–Crippen MR) is 95.2 cm³/mol. The molecule has 128 valence electrons. The van der Waals surface area contributed by atoms with Crippen LogP contribution in [0.4, 0.5) is 0 Å². The number of rotatable bonds is 3. The molecule has 0 radical (unpaired) electrons. The van der Waals surface area contributed by atoms with Crippen LogP contribution in [-0.2, 0) is 14.9 Å². The SMILES string of the molecule is CC(=O)Oc1cc(OC(C)=O)c2c(=O)c3cccc(CBr)c3oc2c1. The molecule has 7 heteroatoms. The summed E-state index contributed by atoms with van der Waals surface area (Å²) >= 11 is 3.36. The zero-order valence-corrected chi connectivity index (χ0v) is 15.0. The van der Waals surface area contributed by atoms with Gasteiger partial charge in [0, 0.05) is 36.9 Å². The lowest BCUT2D eigenvalue weighted by molar-refractivity contribution is -0.132. The summed E-state index contributed by atoms with van der Waals surface area (Å²) in [6, 6.07) is 7.97. The molecule has 25 heavy (non-hydrogen) atoms. The number of benzene rings is 2. The van der Waals surface area contributed by atoms with Crippen molar-refractivity contribution in [3.05, 3.63) is 46.1 Å². The fourth-order valence-corrected chi connectivity index (χ4v) is 3.01. The van der Waals surface area contributed by atoms with Crippen molar-refractivity contribution in [3.63, 3.8) is 0 Å². The first-order valence-corrected chi connectivity index (χ1v) is 8.48. The van der Waals surface area contributed by atoms with E-state index in [1.165, 1.54) is 26.0 Å². The second-order valence-corrected chi connectivity index (χ2v) is 5.90. The molecule has 3 aromatic rings. The van der Waals surface area contributed by atoms with E-state index in [4.69, 9.17) is 13.9 Å². The summed E-state index contributed by atoms with van der Waals surface area (Å²) in [6.07, 6.45) is 0. The maximum absolute atomic E-state index is 12.9. The minimum absolute atomic E-state index is 0.0128. The molecule has 1 aromatic heterocycles. The van der Waals surface area contributed by atoms with Gasteiger partial charge in [0.25, 0.3) is 0 Å². The van der Waals surface area contributed by atoms with Crippen LogP contribution >= 0.6 is 15.9 Å². The Morgan fingerprint density at radius 2 is 1.84 bits per heavy atom. The summed E-state index contributed by atoms with van der Waals surface area (Å²) in [5.74, 6) is -1.04. The maximum Gasteiger partial charge on any atom is 0.308 e. The Labute approximate surface area is 150 Å². The molecule has 2 aromatic carbocycles. The van der Waals surface area contributed by atoms with E-state index in [2.05, 4.69) is 15.9 Å². The molecule has 0 unspecified atom stereocenters. The van der Waals surface area contributed by atoms with Crippen LogP contribution in [-0.4, -0.2) is 11.9 Å². The second-order valence-electron chi connectivity index (χ2n) is 5.34. The number of carbonyl (C=O) groups is 2. The summed E-state index contributed by atoms with van der Waals surface area (Å²) in [6.45, 7) is 2.46. The third-order valence-electron chi connectivity index (χ3n) is 3.48. The molecule has 0 N–H and O–H groups in total. The summed E-state index contributed by atoms with van der Waals surface area (Å²) in [5.41, 5.74) is 1.06. The fraction of sp³-hybridized carbons (Fsp3) is 0.167. The molecular formula is C18H13BrO6. The van der Waals surface area contributed by atoms with Crippen LogP contribution in [0, 0.1) is 0 Å². The molecule has 3 rings (SSSR count). The van der Waals surface area contributed by atoms with Gasteiger partial charge in [-0.25, -0.2) is 0 Å². The summed E-state index contributed by atoms with van der Waals surface area (Å²) in [7, 11) is 0. The fourth-order valence-electron chi connectivity index (χ4n) is 2.56. The molecule has 0 amide bonds. The van der Waals surface area contributed by atoms with E-state index < -0.39 is 11.9 Å². The first kappa shape index (κ1) is 17.2. The highest BCUT2D eigenvalue weighted by molar-refractivity contribution is 9.08. The van der Waals surface area contributed by atoms with Gasteiger partial charge in [0.05, 0.1) is 5.39 Å². The van der Waals surface area contributed by atoms with Gasteiger partial charge in [-0.05, 0) is 6.07 Å². The van der Waals surface area contributed by atoms with Crippen LogP contribution in [0.2, 0.25) is 0 Å². The smallest absolute Gasteiger partial charge is 0.308 e. The van der Waals surface area contributed by atoms with Crippen molar-refractivity contribution in [3.8, 4) is 11.5 Å². The number of fused-ring (bicyclic) bond motifs is 2. The van der Waals surface area contributed by atoms with Crippen LogP contribution in [0.1, 0.15) is 19.4 Å². The van der Waals surface area contributed by atoms with Crippen molar-refractivity contribution in [1.82, 2.24) is 0 Å². The summed E-state index contributed by atoms with van der Waals surface area (Å²) in [5, 5.41) is 0.989. The van der Waals surface area contributed by atoms with Crippen molar-refractivity contribution < 1.29 is 23.5 Å². The van der Waals surface area contributed by atoms with Crippen LogP contribution in [0.25, 0.3) is 21.9 Å². The number of esters is 2. The molecule has 0 bridgehead atoms. The highest BCUT2D eigenvalue weighted by Gasteiger charge is 2.18. The maximum atomic E-state index is 12.9. The van der Waals surface area contributed by atoms with E-state index in [-0.39, 0.29) is 27.9 Å². The zero-order valence-electron chi connectivity index (χ0n) is 13.4. The number of alkyl halides is 1. The number of hydrogen-bond acceptors (Lipinski definition) is 6. The molecule has 0 saturated heterocycles. The van der Waals surface area contributed by atoms with Gasteiger partial charge in [-0.1, -0.05) is 28.1 Å². The van der Waals surface area contributed by atoms with Crippen LogP contribution in [0.5, 0.6) is 11.5 Å². The quantitative estimate of drug-likeness (QED) is 0.286. The molecule has 0 aliphatic rings. The Balaban J connectivity index is 2.42. The van der Waals surface area contributed by atoms with E-state index in [9.17, 15) is 14.4 Å². The van der Waals surface area contributed by atoms with Crippen LogP contribution < -0.4 is 14.9 Å². The van der Waals surface area contributed by atoms with E-state index in [0.29, 0.717) is 16.3 Å². The standard InChI is InChI=1S/C18H13BrO6/c1-9(20)23-12-6-14(24-10(2)21)16-15(7-12)25-18-11(8-19)4-3-5-13(18)17(16)22/h3-7H,8H2,1-2H3. The first-order chi connectivity index (χ1) is 11.9. The first-order valence-electron chi connectivity index (χ1n) is 7.36. The monoisotopic (exact) mass is 404 g/mol. The van der Waals surface area contributed by atoms with E-state index >= 15 is 0 Å². The third-order valence-corrected chi connectivity index (χ3v) is 4.08. The lowest BCUT2D eigenvalue weighted by Gasteiger charge is -2.10. The van der Waals surface area contributed by atoms with Crippen LogP contribution in [0.15, 0.2) is 39.5 Å². The molecule has 0 fully saturated rings. The topological polar surface area (TPSA) is 82.8 Å². The van der Waals surface area contributed by atoms with Gasteiger partial charge < -0.3 is 13.9 Å². The number of hydrogen-bond donors (Lipinski definition) is 0. The molecule has 0 spiro atoms. The molecule has 6 nitrogen and oxygen atoms in total. The van der Waals surface area contributed by atoms with Crippen molar-refractivity contribution in [2.45, 2.75) is 19.2 Å². The predicted octanol–water partition coefficient (Wildman–Crippen LogP) is 3.69.